The molecule has 0 radical (unpaired) electrons. The van der Waals surface area contributed by atoms with Gasteiger partial charge in [-0.2, -0.15) is 0 Å². The van der Waals surface area contributed by atoms with Crippen LogP contribution in [-0.4, -0.2) is 23.9 Å². The zero-order chi connectivity index (χ0) is 10.6. The van der Waals surface area contributed by atoms with E-state index < -0.39 is 0 Å². The second kappa shape index (κ2) is 6.45. The number of benzene rings is 1. The van der Waals surface area contributed by atoms with Crippen molar-refractivity contribution in [1.82, 2.24) is 4.98 Å². The summed E-state index contributed by atoms with van der Waals surface area (Å²) in [4.78, 5) is 4.43. The van der Waals surface area contributed by atoms with Gasteiger partial charge in [-0.15, -0.1) is 0 Å². The van der Waals surface area contributed by atoms with Crippen LogP contribution in [0.1, 0.15) is 11.5 Å². The van der Waals surface area contributed by atoms with Crippen LogP contribution in [0.5, 0.6) is 0 Å². The average molecular weight is 478 g/mol. The second-order valence-electron chi connectivity index (χ2n) is 2.61. The van der Waals surface area contributed by atoms with E-state index in [9.17, 15) is 0 Å². The summed E-state index contributed by atoms with van der Waals surface area (Å²) in [7, 11) is 0. The number of nitrogens with zero attached hydrogens (tertiary/aromatic N) is 1. The van der Waals surface area contributed by atoms with Crippen LogP contribution in [0.2, 0.25) is 0 Å². The van der Waals surface area contributed by atoms with Gasteiger partial charge >= 0.3 is 85.1 Å². The summed E-state index contributed by atoms with van der Waals surface area (Å²) in [6.45, 7) is 4.22. The Morgan fingerprint density at radius 1 is 1.43 bits per heavy atom. The summed E-state index contributed by atoms with van der Waals surface area (Å²) in [6.07, 6.45) is 0. The third-order valence-corrected chi connectivity index (χ3v) is 4.09. The molecule has 0 aliphatic heterocycles. The van der Waals surface area contributed by atoms with Gasteiger partial charge in [0.2, 0.25) is 0 Å². The number of hydrogen-bond donors (Lipinski definition) is 0. The Morgan fingerprint density at radius 3 is 2.71 bits per heavy atom. The van der Waals surface area contributed by atoms with Crippen LogP contribution in [0.4, 0.5) is 0 Å². The Morgan fingerprint density at radius 2 is 2.07 bits per heavy atom. The molecule has 2 aromatic rings. The maximum absolute atomic E-state index is 4.43. The van der Waals surface area contributed by atoms with Gasteiger partial charge in [-0.1, -0.05) is 29.5 Å². The quantitative estimate of drug-likeness (QED) is 0.321. The first-order valence-corrected chi connectivity index (χ1v) is 8.57. The molecule has 0 atom stereocenters. The van der Waals surface area contributed by atoms with Crippen molar-refractivity contribution in [2.45, 2.75) is 13.8 Å². The topological polar surface area (TPSA) is 12.9 Å². The predicted octanol–water partition coefficient (Wildman–Crippen LogP) is 3.65. The van der Waals surface area contributed by atoms with Crippen LogP contribution in [0.15, 0.2) is 18.2 Å². The Hall–Kier alpha value is 0.869. The molecule has 0 saturated carbocycles. The van der Waals surface area contributed by atoms with Gasteiger partial charge in [0.05, 0.1) is 0 Å². The molecule has 1 nitrogen and oxygen atoms in total. The SMILES string of the molecule is CCI.Cc1nc2ccc(I)cc2[se]1. The van der Waals surface area contributed by atoms with Crippen molar-refractivity contribution in [3.63, 3.8) is 0 Å². The molecule has 1 heterocycles. The summed E-state index contributed by atoms with van der Waals surface area (Å²) in [5, 5.41) is 0. The average Bonchev–Trinajstić information content (AvgIpc) is 2.45. The van der Waals surface area contributed by atoms with E-state index in [2.05, 4.69) is 82.2 Å². The first-order valence-electron chi connectivity index (χ1n) is 4.26. The monoisotopic (exact) mass is 479 g/mol. The predicted molar refractivity (Wildman–Crippen MR) is 80.7 cm³/mol. The van der Waals surface area contributed by atoms with Gasteiger partial charge < -0.3 is 0 Å². The standard InChI is InChI=1S/C8H6INSe.C2H5I/c1-5-10-7-3-2-6(9)4-8(7)11-5;1-2-3/h2-4H,1H3;2H2,1H3. The van der Waals surface area contributed by atoms with Gasteiger partial charge in [-0.25, -0.2) is 0 Å². The molecular weight excluding hydrogens is 467 g/mol. The van der Waals surface area contributed by atoms with E-state index in [4.69, 9.17) is 0 Å². The van der Waals surface area contributed by atoms with Gasteiger partial charge in [0.1, 0.15) is 0 Å². The number of rotatable bonds is 0. The summed E-state index contributed by atoms with van der Waals surface area (Å²) in [5.74, 6) is 0. The fourth-order valence-electron chi connectivity index (χ4n) is 1.01. The summed E-state index contributed by atoms with van der Waals surface area (Å²) >= 11 is 5.12. The fraction of sp³-hybridized carbons (Fsp3) is 0.300. The number of aryl methyl sites for hydroxylation is 1. The number of alkyl halides is 1. The molecule has 0 N–H and O–H groups in total. The van der Waals surface area contributed by atoms with E-state index >= 15 is 0 Å². The zero-order valence-electron chi connectivity index (χ0n) is 8.05. The van der Waals surface area contributed by atoms with Crippen molar-refractivity contribution in [1.29, 1.82) is 0 Å². The van der Waals surface area contributed by atoms with E-state index in [1.807, 2.05) is 0 Å². The molecular formula is C10H11I2NSe. The Balaban J connectivity index is 0.000000293. The number of fused-ring (bicyclic) bond motifs is 1. The zero-order valence-corrected chi connectivity index (χ0v) is 14.1. The van der Waals surface area contributed by atoms with Gasteiger partial charge in [0, 0.05) is 0 Å². The summed E-state index contributed by atoms with van der Waals surface area (Å²) < 4.78 is 5.25. The molecule has 1 aromatic heterocycles. The minimum absolute atomic E-state index is 0.497. The van der Waals surface area contributed by atoms with E-state index in [-0.39, 0.29) is 0 Å². The molecule has 0 saturated heterocycles. The van der Waals surface area contributed by atoms with E-state index in [0.717, 1.165) is 0 Å². The van der Waals surface area contributed by atoms with E-state index in [1.54, 1.807) is 0 Å². The number of hydrogen-bond acceptors (Lipinski definition) is 1. The molecule has 0 aliphatic rings. The molecule has 0 spiro atoms. The van der Waals surface area contributed by atoms with E-state index in [0.29, 0.717) is 14.5 Å². The van der Waals surface area contributed by atoms with Crippen LogP contribution in [0, 0.1) is 10.5 Å². The molecule has 2 rings (SSSR count). The molecule has 0 fully saturated rings. The van der Waals surface area contributed by atoms with Crippen LogP contribution < -0.4 is 0 Å². The van der Waals surface area contributed by atoms with Crippen molar-refractivity contribution >= 4 is 69.5 Å². The van der Waals surface area contributed by atoms with Crippen molar-refractivity contribution in [3.05, 3.63) is 26.3 Å². The Bertz CT molecular complexity index is 411. The molecule has 0 bridgehead atoms. The van der Waals surface area contributed by atoms with Crippen LogP contribution in [0.25, 0.3) is 9.78 Å². The molecule has 76 valence electrons. The van der Waals surface area contributed by atoms with E-state index in [1.165, 1.54) is 22.3 Å². The number of halogens is 2. The summed E-state index contributed by atoms with van der Waals surface area (Å²) in [5.41, 5.74) is 1.18. The molecule has 14 heavy (non-hydrogen) atoms. The molecule has 4 heteroatoms. The summed E-state index contributed by atoms with van der Waals surface area (Å²) in [6, 6.07) is 6.45. The first kappa shape index (κ1) is 12.9. The normalized spacial score (nSPS) is 9.71. The van der Waals surface area contributed by atoms with Gasteiger partial charge in [0.25, 0.3) is 0 Å². The Kier molecular flexibility index (Phi) is 5.96. The fourth-order valence-corrected chi connectivity index (χ4v) is 3.80. The third kappa shape index (κ3) is 3.79. The molecule has 0 amide bonds. The third-order valence-electron chi connectivity index (χ3n) is 1.46. The second-order valence-corrected chi connectivity index (χ2v) is 7.97. The number of aromatic nitrogens is 1. The van der Waals surface area contributed by atoms with Crippen LogP contribution in [-0.2, 0) is 0 Å². The van der Waals surface area contributed by atoms with Gasteiger partial charge in [-0.3, -0.25) is 0 Å². The Labute approximate surface area is 118 Å². The van der Waals surface area contributed by atoms with Crippen LogP contribution >= 0.6 is 45.2 Å². The van der Waals surface area contributed by atoms with Crippen molar-refractivity contribution in [3.8, 4) is 0 Å². The molecule has 0 aliphatic carbocycles. The molecule has 1 aromatic carbocycles. The van der Waals surface area contributed by atoms with Crippen molar-refractivity contribution < 1.29 is 0 Å². The maximum atomic E-state index is 4.43. The molecule has 0 unspecified atom stereocenters. The van der Waals surface area contributed by atoms with Crippen molar-refractivity contribution in [2.75, 3.05) is 4.43 Å². The van der Waals surface area contributed by atoms with Gasteiger partial charge in [0.15, 0.2) is 0 Å². The first-order chi connectivity index (χ1) is 6.67. The van der Waals surface area contributed by atoms with Gasteiger partial charge in [-0.05, 0) is 4.43 Å². The van der Waals surface area contributed by atoms with Crippen molar-refractivity contribution in [2.24, 2.45) is 0 Å². The van der Waals surface area contributed by atoms with Crippen LogP contribution in [0.3, 0.4) is 0 Å². The minimum atomic E-state index is 0.497.